The van der Waals surface area contributed by atoms with Gasteiger partial charge < -0.3 is 15.7 Å². The predicted molar refractivity (Wildman–Crippen MR) is 77.5 cm³/mol. The number of phenols is 1. The lowest BCUT2D eigenvalue weighted by Gasteiger charge is -2.34. The number of nitrogens with two attached hydrogens (primary N) is 1. The smallest absolute Gasteiger partial charge is 0.257 e. The summed E-state index contributed by atoms with van der Waals surface area (Å²) in [6, 6.07) is 0.353. The molecule has 124 valence electrons. The fourth-order valence-electron chi connectivity index (χ4n) is 2.54. The molecule has 0 bridgehead atoms. The third kappa shape index (κ3) is 3.47. The Bertz CT molecular complexity index is 570. The van der Waals surface area contributed by atoms with E-state index in [9.17, 15) is 23.1 Å². The minimum Gasteiger partial charge on any atom is -0.503 e. The van der Waals surface area contributed by atoms with Gasteiger partial charge in [0, 0.05) is 19.1 Å². The number of phenolic OH excluding ortho intramolecular Hbond substituents is 1. The first-order chi connectivity index (χ1) is 9.82. The Morgan fingerprint density at radius 3 is 2.64 bits per heavy atom. The predicted octanol–water partition coefficient (Wildman–Crippen LogP) is 2.43. The van der Waals surface area contributed by atoms with Gasteiger partial charge in [0.05, 0.1) is 5.56 Å². The van der Waals surface area contributed by atoms with Gasteiger partial charge in [0.25, 0.3) is 5.91 Å². The molecule has 0 aromatic heterocycles. The number of carbonyl (C=O) groups excluding carboxylic acids is 1. The van der Waals surface area contributed by atoms with Crippen molar-refractivity contribution in [2.45, 2.75) is 25.8 Å². The second kappa shape index (κ2) is 7.19. The van der Waals surface area contributed by atoms with Gasteiger partial charge in [-0.1, -0.05) is 0 Å². The van der Waals surface area contributed by atoms with Crippen molar-refractivity contribution in [2.24, 2.45) is 11.7 Å². The maximum absolute atomic E-state index is 13.8. The summed E-state index contributed by atoms with van der Waals surface area (Å²) in [5.74, 6) is -6.77. The highest BCUT2D eigenvalue weighted by Crippen LogP contribution is 2.28. The molecule has 2 unspecified atom stereocenters. The van der Waals surface area contributed by atoms with Crippen molar-refractivity contribution in [1.29, 1.82) is 0 Å². The number of rotatable bonds is 2. The van der Waals surface area contributed by atoms with E-state index in [2.05, 4.69) is 0 Å². The molecule has 4 nitrogen and oxygen atoms in total. The third-order valence-electron chi connectivity index (χ3n) is 3.85. The Hall–Kier alpha value is -1.47. The number of piperidine rings is 1. The van der Waals surface area contributed by atoms with Gasteiger partial charge in [-0.05, 0) is 31.7 Å². The van der Waals surface area contributed by atoms with Gasteiger partial charge in [-0.25, -0.2) is 8.78 Å². The second-order valence-corrected chi connectivity index (χ2v) is 5.40. The lowest BCUT2D eigenvalue weighted by atomic mass is 9.92. The first kappa shape index (κ1) is 18.6. The van der Waals surface area contributed by atoms with Gasteiger partial charge in [-0.15, -0.1) is 12.4 Å². The van der Waals surface area contributed by atoms with Crippen LogP contribution in [0.15, 0.2) is 6.07 Å². The van der Waals surface area contributed by atoms with E-state index in [4.69, 9.17) is 5.73 Å². The number of amides is 1. The van der Waals surface area contributed by atoms with Crippen molar-refractivity contribution in [2.75, 3.05) is 13.1 Å². The molecule has 0 radical (unpaired) electrons. The number of halogens is 4. The van der Waals surface area contributed by atoms with Crippen LogP contribution in [0.4, 0.5) is 13.2 Å². The molecule has 22 heavy (non-hydrogen) atoms. The first-order valence-corrected chi connectivity index (χ1v) is 6.74. The number of carbonyl (C=O) groups is 1. The average molecular weight is 339 g/mol. The molecule has 2 atom stereocenters. The molecule has 1 fully saturated rings. The summed E-state index contributed by atoms with van der Waals surface area (Å²) in [5, 5.41) is 9.17. The quantitative estimate of drug-likeness (QED) is 0.814. The van der Waals surface area contributed by atoms with Crippen molar-refractivity contribution in [3.63, 3.8) is 0 Å². The Kier molecular flexibility index (Phi) is 6.08. The number of nitrogens with zero attached hydrogens (tertiary/aromatic N) is 1. The normalized spacial score (nSPS) is 19.5. The summed E-state index contributed by atoms with van der Waals surface area (Å²) < 4.78 is 40.1. The zero-order valence-electron chi connectivity index (χ0n) is 12.0. The lowest BCUT2D eigenvalue weighted by Crippen LogP contribution is -2.45. The van der Waals surface area contributed by atoms with E-state index < -0.39 is 34.7 Å². The highest BCUT2D eigenvalue weighted by atomic mass is 35.5. The van der Waals surface area contributed by atoms with Crippen molar-refractivity contribution >= 4 is 18.3 Å². The molecular weight excluding hydrogens is 321 g/mol. The van der Waals surface area contributed by atoms with E-state index in [-0.39, 0.29) is 24.4 Å². The number of hydrogen-bond acceptors (Lipinski definition) is 3. The molecular formula is C14H18ClF3N2O2. The van der Waals surface area contributed by atoms with Crippen LogP contribution >= 0.6 is 12.4 Å². The maximum Gasteiger partial charge on any atom is 0.257 e. The van der Waals surface area contributed by atoms with Crippen LogP contribution in [0.2, 0.25) is 0 Å². The highest BCUT2D eigenvalue weighted by molar-refractivity contribution is 5.95. The van der Waals surface area contributed by atoms with Crippen LogP contribution in [0.1, 0.15) is 30.1 Å². The zero-order chi connectivity index (χ0) is 15.7. The fraction of sp³-hybridized carbons (Fsp3) is 0.500. The summed E-state index contributed by atoms with van der Waals surface area (Å²) in [6.45, 7) is 2.54. The van der Waals surface area contributed by atoms with Crippen molar-refractivity contribution in [3.05, 3.63) is 29.1 Å². The van der Waals surface area contributed by atoms with Crippen LogP contribution in [-0.2, 0) is 0 Å². The summed E-state index contributed by atoms with van der Waals surface area (Å²) in [4.78, 5) is 13.6. The highest BCUT2D eigenvalue weighted by Gasteiger charge is 2.30. The van der Waals surface area contributed by atoms with Crippen LogP contribution in [0.5, 0.6) is 5.75 Å². The van der Waals surface area contributed by atoms with Crippen LogP contribution < -0.4 is 5.73 Å². The van der Waals surface area contributed by atoms with Crippen LogP contribution in [0.25, 0.3) is 0 Å². The molecule has 2 rings (SSSR count). The van der Waals surface area contributed by atoms with E-state index in [1.165, 1.54) is 4.90 Å². The second-order valence-electron chi connectivity index (χ2n) is 5.40. The van der Waals surface area contributed by atoms with Gasteiger partial charge in [0.15, 0.2) is 17.4 Å². The van der Waals surface area contributed by atoms with E-state index in [0.29, 0.717) is 25.6 Å². The molecule has 1 aliphatic rings. The lowest BCUT2D eigenvalue weighted by molar-refractivity contribution is 0.0654. The van der Waals surface area contributed by atoms with Crippen molar-refractivity contribution in [1.82, 2.24) is 4.90 Å². The summed E-state index contributed by atoms with van der Waals surface area (Å²) in [5.41, 5.74) is 5.13. The van der Waals surface area contributed by atoms with Gasteiger partial charge in [-0.2, -0.15) is 4.39 Å². The fourth-order valence-corrected chi connectivity index (χ4v) is 2.54. The molecule has 1 aliphatic heterocycles. The summed E-state index contributed by atoms with van der Waals surface area (Å²) >= 11 is 0. The van der Waals surface area contributed by atoms with Gasteiger partial charge in [0.2, 0.25) is 5.82 Å². The molecule has 0 spiro atoms. The Morgan fingerprint density at radius 2 is 2.05 bits per heavy atom. The van der Waals surface area contributed by atoms with E-state index in [1.807, 2.05) is 6.92 Å². The molecule has 1 aromatic rings. The molecule has 1 amide bonds. The van der Waals surface area contributed by atoms with E-state index in [0.717, 1.165) is 6.42 Å². The average Bonchev–Trinajstić information content (AvgIpc) is 2.48. The molecule has 3 N–H and O–H groups in total. The molecule has 0 saturated carbocycles. The molecule has 1 aromatic carbocycles. The van der Waals surface area contributed by atoms with Gasteiger partial charge >= 0.3 is 0 Å². The van der Waals surface area contributed by atoms with Crippen molar-refractivity contribution < 1.29 is 23.1 Å². The Balaban J connectivity index is 0.00000242. The van der Waals surface area contributed by atoms with Crippen molar-refractivity contribution in [3.8, 4) is 5.75 Å². The van der Waals surface area contributed by atoms with Gasteiger partial charge in [-0.3, -0.25) is 4.79 Å². The number of hydrogen-bond donors (Lipinski definition) is 2. The standard InChI is InChI=1S/C14H17F3N2O2.ClH/c1-7(18)8-3-2-4-19(6-8)14(21)9-5-10(15)12(17)13(20)11(9)16;/h5,7-8,20H,2-4,6,18H2,1H3;1H. The van der Waals surface area contributed by atoms with Crippen LogP contribution in [0, 0.1) is 23.4 Å². The molecule has 1 saturated heterocycles. The molecule has 8 heteroatoms. The largest absolute Gasteiger partial charge is 0.503 e. The Morgan fingerprint density at radius 1 is 1.41 bits per heavy atom. The molecule has 0 aliphatic carbocycles. The SMILES string of the molecule is CC(N)C1CCCN(C(=O)c2cc(F)c(F)c(O)c2F)C1.Cl. The topological polar surface area (TPSA) is 66.6 Å². The zero-order valence-corrected chi connectivity index (χ0v) is 12.8. The minimum absolute atomic E-state index is 0. The summed E-state index contributed by atoms with van der Waals surface area (Å²) in [7, 11) is 0. The Labute approximate surface area is 132 Å². The van der Waals surface area contributed by atoms with Crippen LogP contribution in [0.3, 0.4) is 0 Å². The van der Waals surface area contributed by atoms with Crippen LogP contribution in [-0.4, -0.2) is 35.0 Å². The van der Waals surface area contributed by atoms with E-state index in [1.54, 1.807) is 0 Å². The summed E-state index contributed by atoms with van der Waals surface area (Å²) in [6.07, 6.45) is 1.56. The van der Waals surface area contributed by atoms with Gasteiger partial charge in [0.1, 0.15) is 0 Å². The monoisotopic (exact) mass is 338 g/mol. The first-order valence-electron chi connectivity index (χ1n) is 6.74. The third-order valence-corrected chi connectivity index (χ3v) is 3.85. The molecule has 1 heterocycles. The van der Waals surface area contributed by atoms with E-state index >= 15 is 0 Å². The number of aromatic hydroxyl groups is 1. The number of benzene rings is 1. The number of likely N-dealkylation sites (tertiary alicyclic amines) is 1. The maximum atomic E-state index is 13.8. The minimum atomic E-state index is -1.70.